The SMILES string of the molecule is O=C(O)CCCN1CCCCS1(=O)=O. The zero-order valence-electron chi connectivity index (χ0n) is 7.98. The highest BCUT2D eigenvalue weighted by Gasteiger charge is 2.24. The number of carboxylic acids is 1. The predicted octanol–water partition coefficient (Wildman–Crippen LogP) is 0.277. The molecule has 82 valence electrons. The summed E-state index contributed by atoms with van der Waals surface area (Å²) in [7, 11) is -3.08. The molecule has 0 radical (unpaired) electrons. The largest absolute Gasteiger partial charge is 0.481 e. The van der Waals surface area contributed by atoms with E-state index in [1.54, 1.807) is 0 Å². The zero-order chi connectivity index (χ0) is 10.6. The summed E-state index contributed by atoms with van der Waals surface area (Å²) in [5.74, 6) is -0.667. The number of rotatable bonds is 4. The van der Waals surface area contributed by atoms with Crippen molar-refractivity contribution in [1.82, 2.24) is 4.31 Å². The summed E-state index contributed by atoms with van der Waals surface area (Å²) in [5, 5.41) is 8.41. The monoisotopic (exact) mass is 221 g/mol. The van der Waals surface area contributed by atoms with E-state index in [0.717, 1.165) is 12.8 Å². The molecule has 14 heavy (non-hydrogen) atoms. The van der Waals surface area contributed by atoms with Crippen molar-refractivity contribution in [3.63, 3.8) is 0 Å². The molecule has 0 unspecified atom stereocenters. The first kappa shape index (κ1) is 11.5. The number of carbonyl (C=O) groups is 1. The van der Waals surface area contributed by atoms with E-state index in [-0.39, 0.29) is 12.2 Å². The van der Waals surface area contributed by atoms with Crippen LogP contribution in [0.2, 0.25) is 0 Å². The fraction of sp³-hybridized carbons (Fsp3) is 0.875. The van der Waals surface area contributed by atoms with Crippen molar-refractivity contribution >= 4 is 16.0 Å². The van der Waals surface area contributed by atoms with Gasteiger partial charge in [0.1, 0.15) is 0 Å². The minimum Gasteiger partial charge on any atom is -0.481 e. The van der Waals surface area contributed by atoms with Crippen LogP contribution in [0.3, 0.4) is 0 Å². The van der Waals surface area contributed by atoms with Gasteiger partial charge in [0, 0.05) is 19.5 Å². The molecular formula is C8H15NO4S. The standard InChI is InChI=1S/C8H15NO4S/c10-8(11)4-3-6-9-5-1-2-7-14(9,12)13/h1-7H2,(H,10,11). The average Bonchev–Trinajstić information content (AvgIpc) is 2.07. The molecule has 0 spiro atoms. The van der Waals surface area contributed by atoms with E-state index in [1.165, 1.54) is 4.31 Å². The molecule has 1 saturated heterocycles. The van der Waals surface area contributed by atoms with Gasteiger partial charge < -0.3 is 5.11 Å². The Bertz CT molecular complexity index is 298. The fourth-order valence-electron chi connectivity index (χ4n) is 1.50. The number of nitrogens with zero attached hydrogens (tertiary/aromatic N) is 1. The van der Waals surface area contributed by atoms with Crippen LogP contribution in [0.5, 0.6) is 0 Å². The van der Waals surface area contributed by atoms with E-state index < -0.39 is 16.0 Å². The first-order chi connectivity index (χ1) is 6.52. The van der Waals surface area contributed by atoms with Gasteiger partial charge in [-0.25, -0.2) is 12.7 Å². The molecular weight excluding hydrogens is 206 g/mol. The average molecular weight is 221 g/mol. The second-order valence-electron chi connectivity index (χ2n) is 3.42. The highest BCUT2D eigenvalue weighted by molar-refractivity contribution is 7.89. The quantitative estimate of drug-likeness (QED) is 0.739. The van der Waals surface area contributed by atoms with Gasteiger partial charge in [0.05, 0.1) is 5.75 Å². The summed E-state index contributed by atoms with van der Waals surface area (Å²) < 4.78 is 24.3. The van der Waals surface area contributed by atoms with Crippen molar-refractivity contribution in [3.05, 3.63) is 0 Å². The normalized spacial score (nSPS) is 22.0. The molecule has 0 saturated carbocycles. The predicted molar refractivity (Wildman–Crippen MR) is 51.5 cm³/mol. The van der Waals surface area contributed by atoms with Gasteiger partial charge in [-0.3, -0.25) is 4.79 Å². The smallest absolute Gasteiger partial charge is 0.303 e. The first-order valence-electron chi connectivity index (χ1n) is 4.72. The van der Waals surface area contributed by atoms with Crippen LogP contribution in [0.1, 0.15) is 25.7 Å². The number of hydrogen-bond acceptors (Lipinski definition) is 3. The highest BCUT2D eigenvalue weighted by atomic mass is 32.2. The third-order valence-electron chi connectivity index (χ3n) is 2.25. The molecule has 1 aliphatic heterocycles. The molecule has 0 atom stereocenters. The lowest BCUT2D eigenvalue weighted by Crippen LogP contribution is -2.38. The molecule has 1 fully saturated rings. The molecule has 0 bridgehead atoms. The Morgan fingerprint density at radius 2 is 2.07 bits per heavy atom. The lowest BCUT2D eigenvalue weighted by molar-refractivity contribution is -0.137. The van der Waals surface area contributed by atoms with Crippen molar-refractivity contribution in [1.29, 1.82) is 0 Å². The summed E-state index contributed by atoms with van der Waals surface area (Å²) >= 11 is 0. The van der Waals surface area contributed by atoms with E-state index >= 15 is 0 Å². The number of carboxylic acid groups (broad SMARTS) is 1. The van der Waals surface area contributed by atoms with Crippen LogP contribution < -0.4 is 0 Å². The third kappa shape index (κ3) is 3.26. The van der Waals surface area contributed by atoms with Gasteiger partial charge in [-0.2, -0.15) is 0 Å². The summed E-state index contributed by atoms with van der Waals surface area (Å²) in [6, 6.07) is 0. The summed E-state index contributed by atoms with van der Waals surface area (Å²) in [4.78, 5) is 10.2. The number of sulfonamides is 1. The van der Waals surface area contributed by atoms with Gasteiger partial charge in [-0.1, -0.05) is 0 Å². The van der Waals surface area contributed by atoms with Crippen LogP contribution in [0.25, 0.3) is 0 Å². The Hall–Kier alpha value is -0.620. The highest BCUT2D eigenvalue weighted by Crippen LogP contribution is 2.13. The molecule has 0 aromatic rings. The lowest BCUT2D eigenvalue weighted by atomic mass is 10.3. The van der Waals surface area contributed by atoms with Gasteiger partial charge in [-0.15, -0.1) is 0 Å². The molecule has 1 rings (SSSR count). The Labute approximate surface area is 83.8 Å². The summed E-state index contributed by atoms with van der Waals surface area (Å²) in [6.45, 7) is 0.886. The zero-order valence-corrected chi connectivity index (χ0v) is 8.79. The van der Waals surface area contributed by atoms with E-state index in [1.807, 2.05) is 0 Å². The van der Waals surface area contributed by atoms with Gasteiger partial charge in [0.25, 0.3) is 0 Å². The Morgan fingerprint density at radius 1 is 1.36 bits per heavy atom. The molecule has 1 aliphatic rings. The molecule has 0 aromatic carbocycles. The van der Waals surface area contributed by atoms with Crippen molar-refractivity contribution in [2.45, 2.75) is 25.7 Å². The van der Waals surface area contributed by atoms with E-state index in [9.17, 15) is 13.2 Å². The topological polar surface area (TPSA) is 74.7 Å². The second kappa shape index (κ2) is 4.75. The van der Waals surface area contributed by atoms with E-state index in [0.29, 0.717) is 19.5 Å². The second-order valence-corrected chi connectivity index (χ2v) is 5.51. The minimum atomic E-state index is -3.08. The van der Waals surface area contributed by atoms with E-state index in [2.05, 4.69) is 0 Å². The molecule has 0 aromatic heterocycles. The number of hydrogen-bond donors (Lipinski definition) is 1. The maximum absolute atomic E-state index is 11.4. The van der Waals surface area contributed by atoms with Crippen LogP contribution in [0.4, 0.5) is 0 Å². The van der Waals surface area contributed by atoms with E-state index in [4.69, 9.17) is 5.11 Å². The van der Waals surface area contributed by atoms with Crippen molar-refractivity contribution in [2.75, 3.05) is 18.8 Å². The molecule has 5 nitrogen and oxygen atoms in total. The van der Waals surface area contributed by atoms with Crippen molar-refractivity contribution in [2.24, 2.45) is 0 Å². The summed E-state index contributed by atoms with van der Waals surface area (Å²) in [5.41, 5.74) is 0. The molecule has 1 N–H and O–H groups in total. The van der Waals surface area contributed by atoms with Crippen LogP contribution in [-0.2, 0) is 14.8 Å². The third-order valence-corrected chi connectivity index (χ3v) is 4.21. The van der Waals surface area contributed by atoms with Crippen molar-refractivity contribution < 1.29 is 18.3 Å². The molecule has 0 aliphatic carbocycles. The van der Waals surface area contributed by atoms with Crippen LogP contribution in [0, 0.1) is 0 Å². The molecule has 1 heterocycles. The fourth-order valence-corrected chi connectivity index (χ4v) is 3.14. The molecule has 6 heteroatoms. The lowest BCUT2D eigenvalue weighted by Gasteiger charge is -2.25. The van der Waals surface area contributed by atoms with Crippen LogP contribution in [0.15, 0.2) is 0 Å². The Kier molecular flexibility index (Phi) is 3.88. The van der Waals surface area contributed by atoms with Gasteiger partial charge in [0.2, 0.25) is 10.0 Å². The maximum Gasteiger partial charge on any atom is 0.303 e. The van der Waals surface area contributed by atoms with Crippen LogP contribution in [-0.4, -0.2) is 42.6 Å². The maximum atomic E-state index is 11.4. The minimum absolute atomic E-state index is 0.0337. The van der Waals surface area contributed by atoms with Gasteiger partial charge in [0.15, 0.2) is 0 Å². The van der Waals surface area contributed by atoms with Gasteiger partial charge in [-0.05, 0) is 19.3 Å². The molecule has 0 amide bonds. The first-order valence-corrected chi connectivity index (χ1v) is 6.33. The van der Waals surface area contributed by atoms with Crippen LogP contribution >= 0.6 is 0 Å². The number of aliphatic carboxylic acids is 1. The Morgan fingerprint density at radius 3 is 2.64 bits per heavy atom. The van der Waals surface area contributed by atoms with Crippen molar-refractivity contribution in [3.8, 4) is 0 Å². The van der Waals surface area contributed by atoms with Gasteiger partial charge >= 0.3 is 5.97 Å². The summed E-state index contributed by atoms with van der Waals surface area (Å²) in [6.07, 6.45) is 2.03. The Balaban J connectivity index is 2.39.